The predicted octanol–water partition coefficient (Wildman–Crippen LogP) is 4.19. The average molecular weight is 257 g/mol. The summed E-state index contributed by atoms with van der Waals surface area (Å²) in [7, 11) is 0. The maximum atomic E-state index is 4.75. The summed E-state index contributed by atoms with van der Waals surface area (Å²) in [6.07, 6.45) is 8.10. The molecule has 1 aromatic heterocycles. The molecule has 1 N–H and O–H groups in total. The number of rotatable bonds is 4. The zero-order valence-corrected chi connectivity index (χ0v) is 12.1. The van der Waals surface area contributed by atoms with Crippen LogP contribution in [0.4, 0.5) is 5.82 Å². The Hall–Kier alpha value is -1.77. The molecular weight excluding hydrogens is 234 g/mol. The Morgan fingerprint density at radius 3 is 3.05 bits per heavy atom. The van der Waals surface area contributed by atoms with Crippen molar-refractivity contribution >= 4 is 11.4 Å². The van der Waals surface area contributed by atoms with Crippen LogP contribution < -0.4 is 5.32 Å². The van der Waals surface area contributed by atoms with Crippen LogP contribution in [0.15, 0.2) is 36.4 Å². The van der Waals surface area contributed by atoms with Gasteiger partial charge in [-0.25, -0.2) is 4.68 Å². The molecule has 0 spiro atoms. The Bertz CT molecular complexity index is 520. The first kappa shape index (κ1) is 13.7. The van der Waals surface area contributed by atoms with Gasteiger partial charge in [-0.15, -0.1) is 0 Å². The molecule has 0 aliphatic carbocycles. The van der Waals surface area contributed by atoms with Gasteiger partial charge < -0.3 is 5.32 Å². The molecule has 1 atom stereocenters. The van der Waals surface area contributed by atoms with Crippen molar-refractivity contribution in [1.29, 1.82) is 0 Å². The minimum Gasteiger partial charge on any atom is -0.370 e. The third-order valence-corrected chi connectivity index (χ3v) is 3.63. The lowest BCUT2D eigenvalue weighted by atomic mass is 10.0. The van der Waals surface area contributed by atoms with Crippen molar-refractivity contribution in [3.05, 3.63) is 42.1 Å². The van der Waals surface area contributed by atoms with E-state index in [1.165, 1.54) is 11.1 Å². The fraction of sp³-hybridized carbons (Fsp3) is 0.438. The summed E-state index contributed by atoms with van der Waals surface area (Å²) in [6, 6.07) is 2.62. The third-order valence-electron chi connectivity index (χ3n) is 3.63. The first-order valence-corrected chi connectivity index (χ1v) is 6.93. The van der Waals surface area contributed by atoms with Gasteiger partial charge in [0, 0.05) is 12.6 Å². The van der Waals surface area contributed by atoms with Gasteiger partial charge in [0.2, 0.25) is 0 Å². The van der Waals surface area contributed by atoms with E-state index in [0.29, 0.717) is 6.04 Å². The summed E-state index contributed by atoms with van der Waals surface area (Å²) in [5.74, 6) is 1.13. The molecule has 0 saturated heterocycles. The minimum atomic E-state index is 0.470. The maximum Gasteiger partial charge on any atom is 0.125 e. The van der Waals surface area contributed by atoms with E-state index in [1.54, 1.807) is 0 Å². The molecule has 19 heavy (non-hydrogen) atoms. The standard InChI is InChI=1S/C16H23N3/c1-5-7-14(10-12(3)6-2)15-11-16-17-9-8-13(4)19(16)18-15/h5-7,11,13,17H,1,8-10H2,2-4H3/b12-6-,14-7+. The maximum absolute atomic E-state index is 4.75. The van der Waals surface area contributed by atoms with Crippen LogP contribution >= 0.6 is 0 Å². The zero-order chi connectivity index (χ0) is 13.8. The third kappa shape index (κ3) is 2.98. The van der Waals surface area contributed by atoms with E-state index >= 15 is 0 Å². The number of nitrogens with one attached hydrogen (secondary N) is 1. The van der Waals surface area contributed by atoms with Crippen LogP contribution in [0, 0.1) is 0 Å². The Kier molecular flexibility index (Phi) is 4.25. The van der Waals surface area contributed by atoms with Crippen LogP contribution in [0.1, 0.15) is 45.3 Å². The molecule has 0 bridgehead atoms. The molecule has 3 heteroatoms. The van der Waals surface area contributed by atoms with Gasteiger partial charge in [-0.2, -0.15) is 5.10 Å². The lowest BCUT2D eigenvalue weighted by Gasteiger charge is -2.21. The van der Waals surface area contributed by atoms with Crippen LogP contribution in [0.25, 0.3) is 5.57 Å². The molecule has 0 radical (unpaired) electrons. The lowest BCUT2D eigenvalue weighted by molar-refractivity contribution is 0.452. The first-order chi connectivity index (χ1) is 9.15. The van der Waals surface area contributed by atoms with Gasteiger partial charge in [-0.1, -0.05) is 30.4 Å². The topological polar surface area (TPSA) is 29.9 Å². The second-order valence-corrected chi connectivity index (χ2v) is 5.16. The van der Waals surface area contributed by atoms with E-state index in [1.807, 2.05) is 6.08 Å². The Balaban J connectivity index is 2.33. The number of hydrogen-bond donors (Lipinski definition) is 1. The normalized spacial score (nSPS) is 19.8. The van der Waals surface area contributed by atoms with Crippen LogP contribution in [-0.4, -0.2) is 16.3 Å². The van der Waals surface area contributed by atoms with Crippen LogP contribution in [0.5, 0.6) is 0 Å². The summed E-state index contributed by atoms with van der Waals surface area (Å²) < 4.78 is 2.10. The van der Waals surface area contributed by atoms with Crippen molar-refractivity contribution in [3.63, 3.8) is 0 Å². The second kappa shape index (κ2) is 5.91. The SMILES string of the molecule is C=C/C=C(\C/C(C)=C\C)c1cc2n(n1)C(C)CCN2. The summed E-state index contributed by atoms with van der Waals surface area (Å²) >= 11 is 0. The minimum absolute atomic E-state index is 0.470. The highest BCUT2D eigenvalue weighted by Crippen LogP contribution is 2.29. The van der Waals surface area contributed by atoms with Gasteiger partial charge in [-0.3, -0.25) is 0 Å². The van der Waals surface area contributed by atoms with Gasteiger partial charge in [0.1, 0.15) is 5.82 Å². The molecule has 0 saturated carbocycles. The van der Waals surface area contributed by atoms with E-state index in [0.717, 1.165) is 30.9 Å². The number of aromatic nitrogens is 2. The first-order valence-electron chi connectivity index (χ1n) is 6.93. The van der Waals surface area contributed by atoms with E-state index in [4.69, 9.17) is 5.10 Å². The molecule has 1 aliphatic rings. The number of allylic oxidation sites excluding steroid dienone is 5. The molecular formula is C16H23N3. The molecule has 1 unspecified atom stereocenters. The summed E-state index contributed by atoms with van der Waals surface area (Å²) in [5.41, 5.74) is 3.62. The quantitative estimate of drug-likeness (QED) is 0.647. The monoisotopic (exact) mass is 257 g/mol. The van der Waals surface area contributed by atoms with Crippen molar-refractivity contribution < 1.29 is 0 Å². The highest BCUT2D eigenvalue weighted by Gasteiger charge is 2.19. The number of fused-ring (bicyclic) bond motifs is 1. The molecule has 1 aliphatic heterocycles. The van der Waals surface area contributed by atoms with Crippen LogP contribution in [0.2, 0.25) is 0 Å². The van der Waals surface area contributed by atoms with Gasteiger partial charge >= 0.3 is 0 Å². The largest absolute Gasteiger partial charge is 0.370 e. The van der Waals surface area contributed by atoms with E-state index < -0.39 is 0 Å². The molecule has 0 amide bonds. The van der Waals surface area contributed by atoms with E-state index in [-0.39, 0.29) is 0 Å². The molecule has 0 aromatic carbocycles. The molecule has 2 rings (SSSR count). The van der Waals surface area contributed by atoms with E-state index in [9.17, 15) is 0 Å². The highest BCUT2D eigenvalue weighted by molar-refractivity contribution is 5.68. The Labute approximate surface area is 115 Å². The summed E-state index contributed by atoms with van der Waals surface area (Å²) in [4.78, 5) is 0. The molecule has 102 valence electrons. The lowest BCUT2D eigenvalue weighted by Crippen LogP contribution is -2.21. The van der Waals surface area contributed by atoms with Crippen molar-refractivity contribution in [1.82, 2.24) is 9.78 Å². The average Bonchev–Trinajstić information content (AvgIpc) is 2.83. The second-order valence-electron chi connectivity index (χ2n) is 5.16. The van der Waals surface area contributed by atoms with Crippen molar-refractivity contribution in [2.75, 3.05) is 11.9 Å². The van der Waals surface area contributed by atoms with Crippen LogP contribution in [0.3, 0.4) is 0 Å². The Morgan fingerprint density at radius 1 is 1.63 bits per heavy atom. The Morgan fingerprint density at radius 2 is 2.42 bits per heavy atom. The number of anilines is 1. The molecule has 0 fully saturated rings. The van der Waals surface area contributed by atoms with Gasteiger partial charge in [0.15, 0.2) is 0 Å². The van der Waals surface area contributed by atoms with Gasteiger partial charge in [0.25, 0.3) is 0 Å². The van der Waals surface area contributed by atoms with Crippen molar-refractivity contribution in [2.24, 2.45) is 0 Å². The number of nitrogens with zero attached hydrogens (tertiary/aromatic N) is 2. The molecule has 1 aromatic rings. The summed E-state index contributed by atoms with van der Waals surface area (Å²) in [5, 5.41) is 8.16. The zero-order valence-electron chi connectivity index (χ0n) is 12.1. The van der Waals surface area contributed by atoms with Crippen molar-refractivity contribution in [2.45, 2.75) is 39.7 Å². The van der Waals surface area contributed by atoms with E-state index in [2.05, 4.69) is 55.6 Å². The number of hydrogen-bond acceptors (Lipinski definition) is 2. The van der Waals surface area contributed by atoms with Gasteiger partial charge in [0.05, 0.1) is 11.7 Å². The predicted molar refractivity (Wildman–Crippen MR) is 82.3 cm³/mol. The summed E-state index contributed by atoms with van der Waals surface area (Å²) in [6.45, 7) is 11.3. The van der Waals surface area contributed by atoms with Crippen molar-refractivity contribution in [3.8, 4) is 0 Å². The molecule has 2 heterocycles. The molecule has 3 nitrogen and oxygen atoms in total. The fourth-order valence-electron chi connectivity index (χ4n) is 2.33. The fourth-order valence-corrected chi connectivity index (χ4v) is 2.33. The highest BCUT2D eigenvalue weighted by atomic mass is 15.4. The van der Waals surface area contributed by atoms with Gasteiger partial charge in [-0.05, 0) is 39.2 Å². The van der Waals surface area contributed by atoms with Crippen LogP contribution in [-0.2, 0) is 0 Å². The smallest absolute Gasteiger partial charge is 0.125 e.